The number of nitrogens with zero attached hydrogens (tertiary/aromatic N) is 4. The van der Waals surface area contributed by atoms with Crippen molar-refractivity contribution in [1.82, 2.24) is 14.2 Å². The normalized spacial score (nSPS) is 15.9. The van der Waals surface area contributed by atoms with E-state index in [-0.39, 0.29) is 11.8 Å². The SMILES string of the molecule is Cc1cc2nc(N(CCCN(C)C)C(=O)C3CCN(S(=O)(=O)c4cccs4)CC3)sc2cc1C. The number of piperidine rings is 1. The zero-order valence-corrected chi connectivity index (χ0v) is 22.6. The molecule has 184 valence electrons. The van der Waals surface area contributed by atoms with E-state index in [2.05, 4.69) is 30.9 Å². The molecule has 10 heteroatoms. The summed E-state index contributed by atoms with van der Waals surface area (Å²) in [6, 6.07) is 7.62. The number of hydrogen-bond acceptors (Lipinski definition) is 7. The standard InChI is InChI=1S/C24H32N4O3S3/c1-17-15-20-21(16-18(17)2)33-24(25-20)28(11-6-10-26(3)4)23(29)19-8-12-27(13-9-19)34(30,31)22-7-5-14-32-22/h5,7,14-16,19H,6,8-13H2,1-4H3. The number of hydrogen-bond donors (Lipinski definition) is 0. The predicted octanol–water partition coefficient (Wildman–Crippen LogP) is 4.36. The number of carbonyl (C=O) groups is 1. The lowest BCUT2D eigenvalue weighted by Gasteiger charge is -2.32. The Labute approximate surface area is 210 Å². The summed E-state index contributed by atoms with van der Waals surface area (Å²) in [5, 5.41) is 2.51. The van der Waals surface area contributed by atoms with Crippen molar-refractivity contribution in [3.05, 3.63) is 40.8 Å². The van der Waals surface area contributed by atoms with E-state index in [1.807, 2.05) is 19.0 Å². The Kier molecular flexibility index (Phi) is 7.73. The van der Waals surface area contributed by atoms with Crippen LogP contribution < -0.4 is 4.90 Å². The van der Waals surface area contributed by atoms with Gasteiger partial charge in [0.2, 0.25) is 5.91 Å². The van der Waals surface area contributed by atoms with E-state index in [0.717, 1.165) is 28.3 Å². The van der Waals surface area contributed by atoms with Crippen molar-refractivity contribution in [3.8, 4) is 0 Å². The molecule has 2 aromatic heterocycles. The molecule has 0 radical (unpaired) electrons. The first kappa shape index (κ1) is 25.2. The molecule has 0 bridgehead atoms. The smallest absolute Gasteiger partial charge is 0.252 e. The molecule has 34 heavy (non-hydrogen) atoms. The topological polar surface area (TPSA) is 73.8 Å². The predicted molar refractivity (Wildman–Crippen MR) is 140 cm³/mol. The summed E-state index contributed by atoms with van der Waals surface area (Å²) in [7, 11) is 0.576. The van der Waals surface area contributed by atoms with E-state index < -0.39 is 10.0 Å². The van der Waals surface area contributed by atoms with Crippen LogP contribution >= 0.6 is 22.7 Å². The number of thiophene rings is 1. The van der Waals surface area contributed by atoms with Gasteiger partial charge in [-0.2, -0.15) is 4.31 Å². The average molecular weight is 521 g/mol. The molecular weight excluding hydrogens is 488 g/mol. The fourth-order valence-electron chi connectivity index (χ4n) is 4.23. The summed E-state index contributed by atoms with van der Waals surface area (Å²) in [5.41, 5.74) is 3.33. The van der Waals surface area contributed by atoms with Gasteiger partial charge in [-0.1, -0.05) is 17.4 Å². The molecular formula is C24H32N4O3S3. The summed E-state index contributed by atoms with van der Waals surface area (Å²) in [4.78, 5) is 22.5. The number of carbonyl (C=O) groups excluding carboxylic acids is 1. The van der Waals surface area contributed by atoms with Gasteiger partial charge >= 0.3 is 0 Å². The number of sulfonamides is 1. The van der Waals surface area contributed by atoms with Gasteiger partial charge in [0.1, 0.15) is 4.21 Å². The number of amides is 1. The molecule has 1 amide bonds. The Morgan fingerprint density at radius 1 is 1.15 bits per heavy atom. The molecule has 1 aliphatic heterocycles. The van der Waals surface area contributed by atoms with Crippen LogP contribution in [0.3, 0.4) is 0 Å². The third kappa shape index (κ3) is 5.36. The maximum absolute atomic E-state index is 13.7. The highest BCUT2D eigenvalue weighted by atomic mass is 32.2. The van der Waals surface area contributed by atoms with Gasteiger partial charge in [0, 0.05) is 25.6 Å². The van der Waals surface area contributed by atoms with Crippen molar-refractivity contribution in [3.63, 3.8) is 0 Å². The number of fused-ring (bicyclic) bond motifs is 1. The number of rotatable bonds is 8. The second-order valence-electron chi connectivity index (χ2n) is 9.16. The molecule has 4 rings (SSSR count). The zero-order valence-electron chi connectivity index (χ0n) is 20.2. The fraction of sp³-hybridized carbons (Fsp3) is 0.500. The minimum absolute atomic E-state index is 0.0550. The Morgan fingerprint density at radius 3 is 2.50 bits per heavy atom. The van der Waals surface area contributed by atoms with Gasteiger partial charge < -0.3 is 4.90 Å². The molecule has 0 spiro atoms. The molecule has 1 aliphatic rings. The van der Waals surface area contributed by atoms with Crippen LogP contribution in [0.2, 0.25) is 0 Å². The van der Waals surface area contributed by atoms with Gasteiger partial charge in [-0.3, -0.25) is 9.69 Å². The highest BCUT2D eigenvalue weighted by Gasteiger charge is 2.35. The summed E-state index contributed by atoms with van der Waals surface area (Å²) in [6.45, 7) is 6.37. The molecule has 3 aromatic rings. The largest absolute Gasteiger partial charge is 0.309 e. The summed E-state index contributed by atoms with van der Waals surface area (Å²) in [5.74, 6) is -0.149. The maximum atomic E-state index is 13.7. The first-order valence-electron chi connectivity index (χ1n) is 11.5. The van der Waals surface area contributed by atoms with E-state index in [9.17, 15) is 13.2 Å². The molecule has 0 unspecified atom stereocenters. The van der Waals surface area contributed by atoms with Gasteiger partial charge in [0.15, 0.2) is 5.13 Å². The molecule has 1 fully saturated rings. The van der Waals surface area contributed by atoms with Crippen LogP contribution in [0, 0.1) is 19.8 Å². The van der Waals surface area contributed by atoms with Gasteiger partial charge in [-0.05, 0) is 88.5 Å². The molecule has 0 aliphatic carbocycles. The molecule has 3 heterocycles. The van der Waals surface area contributed by atoms with Gasteiger partial charge in [-0.25, -0.2) is 13.4 Å². The number of thiazole rings is 1. The van der Waals surface area contributed by atoms with Crippen molar-refractivity contribution >= 4 is 54.0 Å². The molecule has 0 saturated carbocycles. The van der Waals surface area contributed by atoms with Crippen LogP contribution in [0.5, 0.6) is 0 Å². The van der Waals surface area contributed by atoms with Gasteiger partial charge in [-0.15, -0.1) is 11.3 Å². The summed E-state index contributed by atoms with van der Waals surface area (Å²) >= 11 is 2.79. The second-order valence-corrected chi connectivity index (χ2v) is 13.3. The lowest BCUT2D eigenvalue weighted by Crippen LogP contribution is -2.45. The van der Waals surface area contributed by atoms with Crippen molar-refractivity contribution < 1.29 is 13.2 Å². The zero-order chi connectivity index (χ0) is 24.5. The Hall–Kier alpha value is -1.85. The van der Waals surface area contributed by atoms with Crippen LogP contribution in [-0.4, -0.2) is 68.8 Å². The Bertz CT molecular complexity index is 1200. The van der Waals surface area contributed by atoms with E-state index in [4.69, 9.17) is 4.98 Å². The summed E-state index contributed by atoms with van der Waals surface area (Å²) in [6.07, 6.45) is 1.89. The third-order valence-corrected chi connectivity index (χ3v) is 10.7. The van der Waals surface area contributed by atoms with Gasteiger partial charge in [0.05, 0.1) is 10.2 Å². The quantitative estimate of drug-likeness (QED) is 0.441. The first-order chi connectivity index (χ1) is 16.2. The van der Waals surface area contributed by atoms with Crippen LogP contribution in [0.15, 0.2) is 33.9 Å². The Balaban J connectivity index is 1.52. The van der Waals surface area contributed by atoms with Crippen molar-refractivity contribution in [1.29, 1.82) is 0 Å². The van der Waals surface area contributed by atoms with Gasteiger partial charge in [0.25, 0.3) is 10.0 Å². The third-order valence-electron chi connectivity index (χ3n) is 6.37. The highest BCUT2D eigenvalue weighted by Crippen LogP contribution is 2.33. The highest BCUT2D eigenvalue weighted by molar-refractivity contribution is 7.91. The summed E-state index contributed by atoms with van der Waals surface area (Å²) < 4.78 is 28.7. The number of aryl methyl sites for hydroxylation is 2. The lowest BCUT2D eigenvalue weighted by molar-refractivity contribution is -0.123. The molecule has 1 aromatic carbocycles. The van der Waals surface area contributed by atoms with E-state index in [1.54, 1.807) is 28.8 Å². The first-order valence-corrected chi connectivity index (χ1v) is 14.7. The van der Waals surface area contributed by atoms with Crippen molar-refractivity contribution in [2.75, 3.05) is 45.2 Å². The van der Waals surface area contributed by atoms with Crippen molar-refractivity contribution in [2.24, 2.45) is 5.92 Å². The molecule has 1 saturated heterocycles. The average Bonchev–Trinajstić information content (AvgIpc) is 3.47. The second kappa shape index (κ2) is 10.4. The van der Waals surface area contributed by atoms with E-state index in [0.29, 0.717) is 36.7 Å². The minimum Gasteiger partial charge on any atom is -0.309 e. The monoisotopic (exact) mass is 520 g/mol. The number of aromatic nitrogens is 1. The number of anilines is 1. The van der Waals surface area contributed by atoms with Crippen LogP contribution in [0.25, 0.3) is 10.2 Å². The molecule has 0 N–H and O–H groups in total. The molecule has 7 nitrogen and oxygen atoms in total. The fourth-order valence-corrected chi connectivity index (χ4v) is 7.92. The minimum atomic E-state index is -3.48. The molecule has 0 atom stereocenters. The van der Waals surface area contributed by atoms with E-state index >= 15 is 0 Å². The Morgan fingerprint density at radius 2 is 1.85 bits per heavy atom. The van der Waals surface area contributed by atoms with Crippen LogP contribution in [0.1, 0.15) is 30.4 Å². The van der Waals surface area contributed by atoms with E-state index in [1.165, 1.54) is 26.8 Å². The van der Waals surface area contributed by atoms with Crippen LogP contribution in [0.4, 0.5) is 5.13 Å². The maximum Gasteiger partial charge on any atom is 0.252 e. The van der Waals surface area contributed by atoms with Crippen LogP contribution in [-0.2, 0) is 14.8 Å². The lowest BCUT2D eigenvalue weighted by atomic mass is 9.96. The van der Waals surface area contributed by atoms with Crippen molar-refractivity contribution in [2.45, 2.75) is 37.3 Å². The number of benzene rings is 1.